The molecule has 158 valence electrons. The fourth-order valence-electron chi connectivity index (χ4n) is 4.71. The molecular formula is C26H26N2O3. The molecular weight excluding hydrogens is 388 g/mol. The summed E-state index contributed by atoms with van der Waals surface area (Å²) in [5.74, 6) is 0.0389. The zero-order valence-electron chi connectivity index (χ0n) is 17.3. The molecule has 0 aromatic heterocycles. The Balaban J connectivity index is 1.29. The average Bonchev–Trinajstić information content (AvgIpc) is 3.12. The molecule has 0 saturated carbocycles. The van der Waals surface area contributed by atoms with E-state index < -0.39 is 6.09 Å². The van der Waals surface area contributed by atoms with Crippen molar-refractivity contribution in [2.45, 2.75) is 24.9 Å². The van der Waals surface area contributed by atoms with Crippen molar-refractivity contribution in [1.29, 1.82) is 0 Å². The number of para-hydroxylation sites is 2. The van der Waals surface area contributed by atoms with Crippen LogP contribution in [0.1, 0.15) is 29.9 Å². The van der Waals surface area contributed by atoms with E-state index in [1.807, 2.05) is 48.5 Å². The number of carbonyl (C=O) groups is 1. The number of benzene rings is 3. The molecule has 5 rings (SSSR count). The van der Waals surface area contributed by atoms with Crippen LogP contribution in [0.4, 0.5) is 16.2 Å². The van der Waals surface area contributed by atoms with Crippen molar-refractivity contribution in [3.63, 3.8) is 0 Å². The molecule has 1 aliphatic heterocycles. The lowest BCUT2D eigenvalue weighted by Crippen LogP contribution is -2.36. The molecule has 0 bridgehead atoms. The number of anilines is 2. The van der Waals surface area contributed by atoms with E-state index >= 15 is 0 Å². The number of hydrogen-bond acceptors (Lipinski definition) is 4. The number of aliphatic hydroxyl groups is 1. The number of nitrogens with zero attached hydrogens (tertiary/aromatic N) is 1. The molecule has 0 atom stereocenters. The molecule has 1 amide bonds. The predicted molar refractivity (Wildman–Crippen MR) is 123 cm³/mol. The Labute approximate surface area is 182 Å². The van der Waals surface area contributed by atoms with Gasteiger partial charge in [-0.1, -0.05) is 60.7 Å². The Morgan fingerprint density at radius 3 is 2.16 bits per heavy atom. The second kappa shape index (κ2) is 8.44. The quantitative estimate of drug-likeness (QED) is 0.630. The lowest BCUT2D eigenvalue weighted by molar-refractivity contribution is 0.145. The van der Waals surface area contributed by atoms with Crippen LogP contribution < -0.4 is 10.2 Å². The molecule has 1 heterocycles. The third-order valence-electron chi connectivity index (χ3n) is 6.29. The summed E-state index contributed by atoms with van der Waals surface area (Å²) in [4.78, 5) is 14.9. The highest BCUT2D eigenvalue weighted by atomic mass is 16.5. The molecule has 1 fully saturated rings. The number of piperidine rings is 1. The maximum atomic E-state index is 12.7. The standard InChI is InChI=1S/C26H26N2O3/c29-18-13-15-28(16-14-18)25-12-6-5-11-24(25)27-26(30)31-17-23-21-9-3-1-7-19(21)20-8-2-4-10-22(20)23/h1-12,18,23,29H,13-17H2,(H,27,30). The molecule has 3 aromatic carbocycles. The fraction of sp³-hybridized carbons (Fsp3) is 0.269. The minimum atomic E-state index is -0.452. The molecule has 5 heteroatoms. The molecule has 2 N–H and O–H groups in total. The lowest BCUT2D eigenvalue weighted by Gasteiger charge is -2.32. The molecule has 1 aliphatic carbocycles. The van der Waals surface area contributed by atoms with Crippen LogP contribution in [0.5, 0.6) is 0 Å². The normalized spacial score (nSPS) is 16.0. The van der Waals surface area contributed by atoms with Crippen molar-refractivity contribution in [3.8, 4) is 11.1 Å². The van der Waals surface area contributed by atoms with Gasteiger partial charge in [0.15, 0.2) is 0 Å². The maximum absolute atomic E-state index is 12.7. The number of aliphatic hydroxyl groups excluding tert-OH is 1. The molecule has 0 radical (unpaired) electrons. The number of amides is 1. The van der Waals surface area contributed by atoms with Gasteiger partial charge in [-0.15, -0.1) is 0 Å². The Kier molecular flexibility index (Phi) is 5.35. The van der Waals surface area contributed by atoms with Crippen molar-refractivity contribution in [2.24, 2.45) is 0 Å². The third kappa shape index (κ3) is 3.89. The van der Waals surface area contributed by atoms with E-state index in [2.05, 4.69) is 34.5 Å². The molecule has 0 unspecified atom stereocenters. The summed E-state index contributed by atoms with van der Waals surface area (Å²) in [7, 11) is 0. The van der Waals surface area contributed by atoms with Crippen LogP contribution in [0.25, 0.3) is 11.1 Å². The first-order chi connectivity index (χ1) is 15.2. The zero-order valence-corrected chi connectivity index (χ0v) is 17.3. The van der Waals surface area contributed by atoms with Gasteiger partial charge in [-0.2, -0.15) is 0 Å². The summed E-state index contributed by atoms with van der Waals surface area (Å²) in [6, 6.07) is 24.4. The van der Waals surface area contributed by atoms with Crippen molar-refractivity contribution in [1.82, 2.24) is 0 Å². The lowest BCUT2D eigenvalue weighted by atomic mass is 9.98. The smallest absolute Gasteiger partial charge is 0.411 e. The second-order valence-corrected chi connectivity index (χ2v) is 8.19. The highest BCUT2D eigenvalue weighted by Crippen LogP contribution is 2.44. The van der Waals surface area contributed by atoms with E-state index in [1.54, 1.807) is 0 Å². The van der Waals surface area contributed by atoms with Crippen molar-refractivity contribution in [2.75, 3.05) is 29.9 Å². The van der Waals surface area contributed by atoms with Gasteiger partial charge >= 0.3 is 6.09 Å². The van der Waals surface area contributed by atoms with Crippen molar-refractivity contribution in [3.05, 3.63) is 83.9 Å². The van der Waals surface area contributed by atoms with Gasteiger partial charge < -0.3 is 14.7 Å². The van der Waals surface area contributed by atoms with Gasteiger partial charge in [0.05, 0.1) is 17.5 Å². The van der Waals surface area contributed by atoms with Crippen LogP contribution in [0, 0.1) is 0 Å². The van der Waals surface area contributed by atoms with Crippen molar-refractivity contribution >= 4 is 17.5 Å². The van der Waals surface area contributed by atoms with Crippen LogP contribution in [-0.4, -0.2) is 37.0 Å². The summed E-state index contributed by atoms with van der Waals surface area (Å²) in [6.45, 7) is 1.83. The Morgan fingerprint density at radius 2 is 1.48 bits per heavy atom. The van der Waals surface area contributed by atoms with Gasteiger partial charge in [-0.05, 0) is 47.2 Å². The Morgan fingerprint density at radius 1 is 0.903 bits per heavy atom. The molecule has 5 nitrogen and oxygen atoms in total. The summed E-state index contributed by atoms with van der Waals surface area (Å²) in [6.07, 6.45) is 0.781. The van der Waals surface area contributed by atoms with Gasteiger partial charge in [0, 0.05) is 19.0 Å². The van der Waals surface area contributed by atoms with E-state index in [4.69, 9.17) is 4.74 Å². The minimum absolute atomic E-state index is 0.0389. The molecule has 1 saturated heterocycles. The number of rotatable bonds is 4. The largest absolute Gasteiger partial charge is 0.448 e. The molecule has 0 spiro atoms. The predicted octanol–water partition coefficient (Wildman–Crippen LogP) is 5.01. The molecule has 3 aromatic rings. The monoisotopic (exact) mass is 414 g/mol. The van der Waals surface area contributed by atoms with Gasteiger partial charge in [0.25, 0.3) is 0 Å². The van der Waals surface area contributed by atoms with Crippen LogP contribution in [0.3, 0.4) is 0 Å². The average molecular weight is 415 g/mol. The number of carbonyl (C=O) groups excluding carboxylic acids is 1. The van der Waals surface area contributed by atoms with E-state index in [0.717, 1.165) is 37.3 Å². The number of ether oxygens (including phenoxy) is 1. The number of fused-ring (bicyclic) bond motifs is 3. The highest BCUT2D eigenvalue weighted by molar-refractivity contribution is 5.90. The second-order valence-electron chi connectivity index (χ2n) is 8.19. The van der Waals surface area contributed by atoms with Crippen LogP contribution in [0.15, 0.2) is 72.8 Å². The van der Waals surface area contributed by atoms with Crippen LogP contribution in [0.2, 0.25) is 0 Å². The zero-order chi connectivity index (χ0) is 21.2. The van der Waals surface area contributed by atoms with Gasteiger partial charge in [0.2, 0.25) is 0 Å². The fourth-order valence-corrected chi connectivity index (χ4v) is 4.71. The molecule has 31 heavy (non-hydrogen) atoms. The first-order valence-electron chi connectivity index (χ1n) is 10.8. The third-order valence-corrected chi connectivity index (χ3v) is 6.29. The first kappa shape index (κ1) is 19.6. The van der Waals surface area contributed by atoms with E-state index in [-0.39, 0.29) is 18.6 Å². The topological polar surface area (TPSA) is 61.8 Å². The SMILES string of the molecule is O=C(Nc1ccccc1N1CCC(O)CC1)OCC1c2ccccc2-c2ccccc21. The Hall–Kier alpha value is -3.31. The highest BCUT2D eigenvalue weighted by Gasteiger charge is 2.29. The number of nitrogens with one attached hydrogen (secondary N) is 1. The summed E-state index contributed by atoms with van der Waals surface area (Å²) in [5, 5.41) is 12.7. The van der Waals surface area contributed by atoms with Gasteiger partial charge in [0.1, 0.15) is 6.61 Å². The maximum Gasteiger partial charge on any atom is 0.411 e. The van der Waals surface area contributed by atoms with E-state index in [1.165, 1.54) is 22.3 Å². The minimum Gasteiger partial charge on any atom is -0.448 e. The summed E-state index contributed by atoms with van der Waals surface area (Å²) >= 11 is 0. The number of hydrogen-bond donors (Lipinski definition) is 2. The van der Waals surface area contributed by atoms with Gasteiger partial charge in [-0.3, -0.25) is 5.32 Å². The van der Waals surface area contributed by atoms with Crippen LogP contribution >= 0.6 is 0 Å². The summed E-state index contributed by atoms with van der Waals surface area (Å²) < 4.78 is 5.69. The van der Waals surface area contributed by atoms with E-state index in [0.29, 0.717) is 0 Å². The van der Waals surface area contributed by atoms with E-state index in [9.17, 15) is 9.90 Å². The molecule has 2 aliphatic rings. The first-order valence-corrected chi connectivity index (χ1v) is 10.8. The Bertz CT molecular complexity index is 1040. The van der Waals surface area contributed by atoms with Gasteiger partial charge in [-0.25, -0.2) is 4.79 Å². The summed E-state index contributed by atoms with van der Waals surface area (Å²) in [5.41, 5.74) is 6.51. The van der Waals surface area contributed by atoms with Crippen molar-refractivity contribution < 1.29 is 14.6 Å². The van der Waals surface area contributed by atoms with Crippen LogP contribution in [-0.2, 0) is 4.74 Å².